The molecule has 1 N–H and O–H groups in total. The van der Waals surface area contributed by atoms with Crippen LogP contribution in [0.4, 0.5) is 0 Å². The zero-order chi connectivity index (χ0) is 8.81. The molecule has 0 spiro atoms. The maximum atomic E-state index is 7.67. The molecule has 0 bridgehead atoms. The van der Waals surface area contributed by atoms with Gasteiger partial charge in [0.05, 0.1) is 11.4 Å². The van der Waals surface area contributed by atoms with Gasteiger partial charge in [0, 0.05) is 6.20 Å². The van der Waals surface area contributed by atoms with Crippen LogP contribution in [0.1, 0.15) is 31.9 Å². The summed E-state index contributed by atoms with van der Waals surface area (Å²) in [6, 6.07) is 5.68. The Bertz CT molecular complexity index is 241. The number of nitrogens with zero attached hydrogens (tertiary/aromatic N) is 1. The summed E-state index contributed by atoms with van der Waals surface area (Å²) in [7, 11) is 0. The van der Waals surface area contributed by atoms with Crippen LogP contribution in [-0.2, 0) is 0 Å². The highest BCUT2D eigenvalue weighted by molar-refractivity contribution is 5.96. The second kappa shape index (κ2) is 4.65. The molecule has 1 rings (SSSR count). The molecule has 0 aliphatic heterocycles. The van der Waals surface area contributed by atoms with Gasteiger partial charge < -0.3 is 5.41 Å². The summed E-state index contributed by atoms with van der Waals surface area (Å²) in [6.45, 7) is 2.13. The van der Waals surface area contributed by atoms with E-state index in [1.165, 1.54) is 0 Å². The van der Waals surface area contributed by atoms with Gasteiger partial charge in [0.15, 0.2) is 0 Å². The van der Waals surface area contributed by atoms with Crippen molar-refractivity contribution in [1.82, 2.24) is 4.98 Å². The van der Waals surface area contributed by atoms with Crippen LogP contribution < -0.4 is 0 Å². The standard InChI is InChI=1S/C10H14N2/c1-2-3-6-9(11)10-7-4-5-8-12-10/h4-5,7-8,11H,2-3,6H2,1H3. The zero-order valence-electron chi connectivity index (χ0n) is 7.38. The van der Waals surface area contributed by atoms with Crippen molar-refractivity contribution in [3.05, 3.63) is 30.1 Å². The molecule has 2 heteroatoms. The van der Waals surface area contributed by atoms with Crippen molar-refractivity contribution in [3.63, 3.8) is 0 Å². The van der Waals surface area contributed by atoms with Gasteiger partial charge in [-0.2, -0.15) is 0 Å². The highest BCUT2D eigenvalue weighted by atomic mass is 14.7. The van der Waals surface area contributed by atoms with Crippen molar-refractivity contribution in [2.24, 2.45) is 0 Å². The Labute approximate surface area is 73.2 Å². The SMILES string of the molecule is CCCCC(=N)c1ccccn1. The fourth-order valence-corrected chi connectivity index (χ4v) is 1.02. The van der Waals surface area contributed by atoms with Gasteiger partial charge in [0.25, 0.3) is 0 Å². The summed E-state index contributed by atoms with van der Waals surface area (Å²) in [4.78, 5) is 4.11. The molecular formula is C10H14N2. The molecule has 0 amide bonds. The van der Waals surface area contributed by atoms with Crippen LogP contribution in [0.15, 0.2) is 24.4 Å². The lowest BCUT2D eigenvalue weighted by molar-refractivity contribution is 0.831. The Morgan fingerprint density at radius 1 is 1.50 bits per heavy atom. The van der Waals surface area contributed by atoms with E-state index in [0.717, 1.165) is 25.0 Å². The van der Waals surface area contributed by atoms with E-state index in [4.69, 9.17) is 5.41 Å². The van der Waals surface area contributed by atoms with Crippen LogP contribution >= 0.6 is 0 Å². The monoisotopic (exact) mass is 162 g/mol. The molecule has 1 aromatic rings. The summed E-state index contributed by atoms with van der Waals surface area (Å²) in [6.07, 6.45) is 4.79. The second-order valence-electron chi connectivity index (χ2n) is 2.80. The molecule has 0 atom stereocenters. The average molecular weight is 162 g/mol. The summed E-state index contributed by atoms with van der Waals surface area (Å²) in [5, 5.41) is 7.67. The molecule has 12 heavy (non-hydrogen) atoms. The van der Waals surface area contributed by atoms with E-state index < -0.39 is 0 Å². The van der Waals surface area contributed by atoms with Crippen LogP contribution in [0.25, 0.3) is 0 Å². The fraction of sp³-hybridized carbons (Fsp3) is 0.400. The van der Waals surface area contributed by atoms with Crippen LogP contribution in [0.2, 0.25) is 0 Å². The van der Waals surface area contributed by atoms with Gasteiger partial charge in [0.2, 0.25) is 0 Å². The Hall–Kier alpha value is -1.18. The molecule has 1 heterocycles. The quantitative estimate of drug-likeness (QED) is 0.679. The number of pyridine rings is 1. The van der Waals surface area contributed by atoms with E-state index in [9.17, 15) is 0 Å². The van der Waals surface area contributed by atoms with E-state index in [1.807, 2.05) is 18.2 Å². The third kappa shape index (κ3) is 2.46. The molecule has 64 valence electrons. The summed E-state index contributed by atoms with van der Waals surface area (Å²) >= 11 is 0. The predicted octanol–water partition coefficient (Wildman–Crippen LogP) is 2.64. The van der Waals surface area contributed by atoms with Crippen LogP contribution in [0, 0.1) is 5.41 Å². The van der Waals surface area contributed by atoms with Crippen LogP contribution in [0.5, 0.6) is 0 Å². The van der Waals surface area contributed by atoms with Crippen LogP contribution in [-0.4, -0.2) is 10.7 Å². The number of nitrogens with one attached hydrogen (secondary N) is 1. The first-order valence-electron chi connectivity index (χ1n) is 4.33. The Morgan fingerprint density at radius 3 is 2.92 bits per heavy atom. The Balaban J connectivity index is 2.54. The maximum Gasteiger partial charge on any atom is 0.0837 e. The molecule has 0 aliphatic rings. The van der Waals surface area contributed by atoms with E-state index >= 15 is 0 Å². The van der Waals surface area contributed by atoms with Gasteiger partial charge in [-0.15, -0.1) is 0 Å². The third-order valence-corrected chi connectivity index (χ3v) is 1.75. The van der Waals surface area contributed by atoms with Gasteiger partial charge in [-0.05, 0) is 25.0 Å². The molecule has 0 aliphatic carbocycles. The highest BCUT2D eigenvalue weighted by Gasteiger charge is 1.99. The van der Waals surface area contributed by atoms with Gasteiger partial charge in [-0.25, -0.2) is 0 Å². The minimum Gasteiger partial charge on any atom is -0.303 e. The summed E-state index contributed by atoms with van der Waals surface area (Å²) < 4.78 is 0. The number of unbranched alkanes of at least 4 members (excludes halogenated alkanes) is 1. The first-order valence-corrected chi connectivity index (χ1v) is 4.33. The fourth-order valence-electron chi connectivity index (χ4n) is 1.02. The highest BCUT2D eigenvalue weighted by Crippen LogP contribution is 2.02. The molecule has 0 fully saturated rings. The van der Waals surface area contributed by atoms with Crippen molar-refractivity contribution in [2.45, 2.75) is 26.2 Å². The van der Waals surface area contributed by atoms with Crippen molar-refractivity contribution >= 4 is 5.71 Å². The molecule has 0 saturated carbocycles. The first-order chi connectivity index (χ1) is 5.84. The molecule has 1 aromatic heterocycles. The van der Waals surface area contributed by atoms with E-state index in [1.54, 1.807) is 6.20 Å². The van der Waals surface area contributed by atoms with E-state index in [-0.39, 0.29) is 0 Å². The summed E-state index contributed by atoms with van der Waals surface area (Å²) in [5.74, 6) is 0. The number of aromatic nitrogens is 1. The zero-order valence-corrected chi connectivity index (χ0v) is 7.38. The largest absolute Gasteiger partial charge is 0.303 e. The predicted molar refractivity (Wildman–Crippen MR) is 50.6 cm³/mol. The molecule has 2 nitrogen and oxygen atoms in total. The van der Waals surface area contributed by atoms with Gasteiger partial charge in [0.1, 0.15) is 0 Å². The number of rotatable bonds is 4. The average Bonchev–Trinajstić information content (AvgIpc) is 2.15. The van der Waals surface area contributed by atoms with E-state index in [2.05, 4.69) is 11.9 Å². The van der Waals surface area contributed by atoms with Gasteiger partial charge in [-0.3, -0.25) is 4.98 Å². The number of hydrogen-bond acceptors (Lipinski definition) is 2. The lowest BCUT2D eigenvalue weighted by Gasteiger charge is -2.00. The van der Waals surface area contributed by atoms with Crippen LogP contribution in [0.3, 0.4) is 0 Å². The Morgan fingerprint density at radius 2 is 2.33 bits per heavy atom. The first kappa shape index (κ1) is 8.91. The lowest BCUT2D eigenvalue weighted by Crippen LogP contribution is -2.00. The molecular weight excluding hydrogens is 148 g/mol. The molecule has 0 aromatic carbocycles. The van der Waals surface area contributed by atoms with Crippen molar-refractivity contribution in [3.8, 4) is 0 Å². The van der Waals surface area contributed by atoms with Gasteiger partial charge >= 0.3 is 0 Å². The normalized spacial score (nSPS) is 9.75. The van der Waals surface area contributed by atoms with Crippen molar-refractivity contribution in [2.75, 3.05) is 0 Å². The van der Waals surface area contributed by atoms with Crippen molar-refractivity contribution in [1.29, 1.82) is 5.41 Å². The van der Waals surface area contributed by atoms with Crippen molar-refractivity contribution < 1.29 is 0 Å². The third-order valence-electron chi connectivity index (χ3n) is 1.75. The minimum atomic E-state index is 0.650. The van der Waals surface area contributed by atoms with E-state index in [0.29, 0.717) is 5.71 Å². The second-order valence-corrected chi connectivity index (χ2v) is 2.80. The lowest BCUT2D eigenvalue weighted by atomic mass is 10.1. The summed E-state index contributed by atoms with van der Waals surface area (Å²) in [5.41, 5.74) is 1.46. The van der Waals surface area contributed by atoms with Gasteiger partial charge in [-0.1, -0.05) is 19.4 Å². The Kier molecular flexibility index (Phi) is 3.45. The molecule has 0 radical (unpaired) electrons. The molecule has 0 unspecified atom stereocenters. The molecule has 0 saturated heterocycles. The topological polar surface area (TPSA) is 36.7 Å². The smallest absolute Gasteiger partial charge is 0.0837 e. The number of hydrogen-bond donors (Lipinski definition) is 1. The maximum absolute atomic E-state index is 7.67. The minimum absolute atomic E-state index is 0.650.